The van der Waals surface area contributed by atoms with Crippen LogP contribution in [-0.2, 0) is 4.79 Å². The Labute approximate surface area is 125 Å². The Hall–Kier alpha value is -1.69. The predicted octanol–water partition coefficient (Wildman–Crippen LogP) is 3.42. The largest absolute Gasteiger partial charge is 0.351 e. The molecule has 0 radical (unpaired) electrons. The average Bonchev–Trinajstić information content (AvgIpc) is 2.85. The van der Waals surface area contributed by atoms with Crippen LogP contribution in [0.5, 0.6) is 0 Å². The van der Waals surface area contributed by atoms with Crippen molar-refractivity contribution in [2.75, 3.05) is 13.1 Å². The first-order valence-electron chi connectivity index (χ1n) is 6.86. The van der Waals surface area contributed by atoms with Crippen molar-refractivity contribution < 1.29 is 13.6 Å². The molecule has 0 aliphatic carbocycles. The number of aliphatic imine (C=N–C) groups is 1. The van der Waals surface area contributed by atoms with Crippen LogP contribution in [-0.4, -0.2) is 29.1 Å². The molecule has 0 unspecified atom stereocenters. The van der Waals surface area contributed by atoms with Crippen LogP contribution in [0.1, 0.15) is 24.8 Å². The van der Waals surface area contributed by atoms with E-state index in [1.165, 1.54) is 24.3 Å². The van der Waals surface area contributed by atoms with Gasteiger partial charge in [0.25, 0.3) is 5.91 Å². The molecule has 0 saturated carbocycles. The van der Waals surface area contributed by atoms with E-state index in [9.17, 15) is 13.6 Å². The van der Waals surface area contributed by atoms with Crippen LogP contribution in [0, 0.1) is 11.6 Å². The molecule has 21 heavy (non-hydrogen) atoms. The van der Waals surface area contributed by atoms with E-state index in [1.54, 1.807) is 0 Å². The van der Waals surface area contributed by atoms with Crippen LogP contribution in [0.3, 0.4) is 0 Å². The van der Waals surface area contributed by atoms with E-state index in [4.69, 9.17) is 0 Å². The van der Waals surface area contributed by atoms with E-state index in [-0.39, 0.29) is 11.5 Å². The second-order valence-electron chi connectivity index (χ2n) is 5.02. The minimum Gasteiger partial charge on any atom is -0.351 e. The number of nitrogens with zero attached hydrogens (tertiary/aromatic N) is 2. The summed E-state index contributed by atoms with van der Waals surface area (Å²) >= 11 is 1.23. The Morgan fingerprint density at radius 1 is 1.19 bits per heavy atom. The molecule has 3 rings (SSSR count). The molecule has 1 aromatic carbocycles. The fraction of sp³-hybridized carbons (Fsp3) is 0.333. The van der Waals surface area contributed by atoms with E-state index >= 15 is 0 Å². The van der Waals surface area contributed by atoms with E-state index in [0.29, 0.717) is 10.1 Å². The summed E-state index contributed by atoms with van der Waals surface area (Å²) in [5.41, 5.74) is 0.0703. The van der Waals surface area contributed by atoms with Gasteiger partial charge in [0.15, 0.2) is 5.17 Å². The summed E-state index contributed by atoms with van der Waals surface area (Å²) in [7, 11) is 0. The highest BCUT2D eigenvalue weighted by atomic mass is 32.2. The number of benzene rings is 1. The third kappa shape index (κ3) is 3.15. The predicted molar refractivity (Wildman–Crippen MR) is 79.8 cm³/mol. The highest BCUT2D eigenvalue weighted by Gasteiger charge is 2.27. The lowest BCUT2D eigenvalue weighted by Crippen LogP contribution is -2.33. The molecule has 2 heterocycles. The number of halogens is 2. The van der Waals surface area contributed by atoms with Crippen LogP contribution < -0.4 is 0 Å². The van der Waals surface area contributed by atoms with Gasteiger partial charge in [-0.15, -0.1) is 0 Å². The van der Waals surface area contributed by atoms with Gasteiger partial charge in [-0.2, -0.15) is 4.99 Å². The number of hydrogen-bond donors (Lipinski definition) is 0. The first-order valence-corrected chi connectivity index (χ1v) is 7.68. The van der Waals surface area contributed by atoms with Gasteiger partial charge in [0.2, 0.25) is 0 Å². The van der Waals surface area contributed by atoms with Crippen molar-refractivity contribution >= 4 is 28.9 Å². The fourth-order valence-corrected chi connectivity index (χ4v) is 3.34. The molecular formula is C15H14F2N2OS. The maximum absolute atomic E-state index is 13.6. The third-order valence-electron chi connectivity index (χ3n) is 3.48. The Kier molecular flexibility index (Phi) is 4.05. The second-order valence-corrected chi connectivity index (χ2v) is 6.03. The summed E-state index contributed by atoms with van der Waals surface area (Å²) in [6.07, 6.45) is 4.74. The monoisotopic (exact) mass is 308 g/mol. The lowest BCUT2D eigenvalue weighted by molar-refractivity contribution is -0.113. The van der Waals surface area contributed by atoms with Crippen molar-refractivity contribution in [1.29, 1.82) is 0 Å². The number of carbonyl (C=O) groups excluding carboxylic acids is 1. The van der Waals surface area contributed by atoms with E-state index in [1.807, 2.05) is 0 Å². The molecule has 1 saturated heterocycles. The van der Waals surface area contributed by atoms with Gasteiger partial charge in [0.1, 0.15) is 11.6 Å². The molecule has 1 fully saturated rings. The highest BCUT2D eigenvalue weighted by Crippen LogP contribution is 2.31. The first kappa shape index (κ1) is 14.3. The van der Waals surface area contributed by atoms with Crippen LogP contribution in [0.15, 0.2) is 28.1 Å². The number of likely N-dealkylation sites (tertiary alicyclic amines) is 1. The number of piperidine rings is 1. The Balaban J connectivity index is 1.80. The third-order valence-corrected chi connectivity index (χ3v) is 4.52. The quantitative estimate of drug-likeness (QED) is 0.745. The number of carbonyl (C=O) groups is 1. The molecule has 0 bridgehead atoms. The van der Waals surface area contributed by atoms with Gasteiger partial charge in [-0.1, -0.05) is 0 Å². The number of rotatable bonds is 1. The number of hydrogen-bond acceptors (Lipinski definition) is 3. The number of thioether (sulfide) groups is 1. The summed E-state index contributed by atoms with van der Waals surface area (Å²) < 4.78 is 26.8. The van der Waals surface area contributed by atoms with Gasteiger partial charge in [-0.05, 0) is 55.3 Å². The molecule has 1 aromatic rings. The van der Waals surface area contributed by atoms with Gasteiger partial charge in [0, 0.05) is 18.7 Å². The molecule has 0 aromatic heterocycles. The number of amides is 1. The van der Waals surface area contributed by atoms with Crippen molar-refractivity contribution in [3.8, 4) is 0 Å². The Morgan fingerprint density at radius 3 is 2.71 bits per heavy atom. The normalized spacial score (nSPS) is 21.0. The topological polar surface area (TPSA) is 32.7 Å². The zero-order valence-electron chi connectivity index (χ0n) is 11.3. The van der Waals surface area contributed by atoms with Gasteiger partial charge in [0.05, 0.1) is 4.91 Å². The van der Waals surface area contributed by atoms with Crippen molar-refractivity contribution in [3.63, 3.8) is 0 Å². The minimum absolute atomic E-state index is 0.0703. The van der Waals surface area contributed by atoms with Crippen molar-refractivity contribution in [2.45, 2.75) is 19.3 Å². The van der Waals surface area contributed by atoms with Crippen LogP contribution in [0.25, 0.3) is 6.08 Å². The molecule has 0 N–H and O–H groups in total. The molecule has 0 atom stereocenters. The summed E-state index contributed by atoms with van der Waals surface area (Å²) in [6.45, 7) is 1.78. The zero-order chi connectivity index (χ0) is 14.8. The van der Waals surface area contributed by atoms with E-state index in [0.717, 1.165) is 44.1 Å². The standard InChI is InChI=1S/C15H14F2N2OS/c16-11-4-5-12(17)10(8-11)9-13-14(20)18-15(21-13)19-6-2-1-3-7-19/h4-5,8-9H,1-3,6-7H2/b13-9+. The van der Waals surface area contributed by atoms with E-state index < -0.39 is 11.6 Å². The highest BCUT2D eigenvalue weighted by molar-refractivity contribution is 8.18. The maximum atomic E-state index is 13.6. The van der Waals surface area contributed by atoms with Crippen molar-refractivity contribution in [1.82, 2.24) is 4.90 Å². The smallest absolute Gasteiger partial charge is 0.286 e. The minimum atomic E-state index is -0.552. The lowest BCUT2D eigenvalue weighted by Gasteiger charge is -2.27. The van der Waals surface area contributed by atoms with Crippen LogP contribution in [0.4, 0.5) is 8.78 Å². The molecule has 1 amide bonds. The molecule has 6 heteroatoms. The lowest BCUT2D eigenvalue weighted by atomic mass is 10.1. The SMILES string of the molecule is O=C1N=C(N2CCCCC2)S/C1=C/c1cc(F)ccc1F. The van der Waals surface area contributed by atoms with Gasteiger partial charge < -0.3 is 4.90 Å². The maximum Gasteiger partial charge on any atom is 0.286 e. The molecule has 2 aliphatic heterocycles. The summed E-state index contributed by atoms with van der Waals surface area (Å²) in [5.74, 6) is -1.47. The zero-order valence-corrected chi connectivity index (χ0v) is 12.1. The summed E-state index contributed by atoms with van der Waals surface area (Å²) in [6, 6.07) is 3.18. The molecular weight excluding hydrogens is 294 g/mol. The summed E-state index contributed by atoms with van der Waals surface area (Å²) in [5, 5.41) is 0.669. The van der Waals surface area contributed by atoms with Gasteiger partial charge in [-0.25, -0.2) is 8.78 Å². The van der Waals surface area contributed by atoms with Crippen LogP contribution in [0.2, 0.25) is 0 Å². The summed E-state index contributed by atoms with van der Waals surface area (Å²) in [4.78, 5) is 18.3. The average molecular weight is 308 g/mol. The molecule has 0 spiro atoms. The van der Waals surface area contributed by atoms with Gasteiger partial charge in [-0.3, -0.25) is 4.79 Å². The fourth-order valence-electron chi connectivity index (χ4n) is 2.38. The molecule has 3 nitrogen and oxygen atoms in total. The molecule has 2 aliphatic rings. The van der Waals surface area contributed by atoms with Crippen LogP contribution >= 0.6 is 11.8 Å². The second kappa shape index (κ2) is 5.97. The number of amidine groups is 1. The van der Waals surface area contributed by atoms with Crippen molar-refractivity contribution in [3.05, 3.63) is 40.3 Å². The Bertz CT molecular complexity index is 637. The van der Waals surface area contributed by atoms with Gasteiger partial charge >= 0.3 is 0 Å². The molecule has 110 valence electrons. The Morgan fingerprint density at radius 2 is 1.95 bits per heavy atom. The van der Waals surface area contributed by atoms with E-state index in [2.05, 4.69) is 9.89 Å². The van der Waals surface area contributed by atoms with Crippen molar-refractivity contribution in [2.24, 2.45) is 4.99 Å². The first-order chi connectivity index (χ1) is 10.1.